The lowest BCUT2D eigenvalue weighted by Crippen LogP contribution is -2.25. The molecule has 0 fully saturated rings. The Morgan fingerprint density at radius 2 is 1.45 bits per heavy atom. The molecule has 0 N–H and O–H groups in total. The van der Waals surface area contributed by atoms with Crippen LogP contribution in [0.4, 0.5) is 11.4 Å². The number of ether oxygens (including phenoxy) is 2. The molecular weight excluding hydrogens is 408 g/mol. The lowest BCUT2D eigenvalue weighted by molar-refractivity contribution is -0.385. The minimum Gasteiger partial charge on any atom is -0.471 e. The quantitative estimate of drug-likeness (QED) is 0.419. The molecule has 0 atom stereocenters. The van der Waals surface area contributed by atoms with Crippen LogP contribution in [0.15, 0.2) is 59.5 Å². The molecule has 0 amide bonds. The SMILES string of the molecule is O=c1c(Cl)c(Oc2ccc([N+](=O)[O-])cc2)cnn1COc1ccc([N+](=O)[O-])cc1. The second-order valence-electron chi connectivity index (χ2n) is 5.51. The largest absolute Gasteiger partial charge is 0.471 e. The number of non-ortho nitro benzene ring substituents is 2. The maximum absolute atomic E-state index is 12.3. The summed E-state index contributed by atoms with van der Waals surface area (Å²) in [6, 6.07) is 10.5. The van der Waals surface area contributed by atoms with Gasteiger partial charge in [0.1, 0.15) is 11.5 Å². The van der Waals surface area contributed by atoms with Gasteiger partial charge in [-0.1, -0.05) is 11.6 Å². The second-order valence-corrected chi connectivity index (χ2v) is 5.88. The summed E-state index contributed by atoms with van der Waals surface area (Å²) in [4.78, 5) is 32.5. The number of nitrogens with zero attached hydrogens (tertiary/aromatic N) is 4. The normalized spacial score (nSPS) is 10.4. The van der Waals surface area contributed by atoms with Gasteiger partial charge >= 0.3 is 0 Å². The molecule has 12 heteroatoms. The van der Waals surface area contributed by atoms with Crippen LogP contribution in [0.2, 0.25) is 5.02 Å². The Labute approximate surface area is 167 Å². The molecule has 29 heavy (non-hydrogen) atoms. The highest BCUT2D eigenvalue weighted by Gasteiger charge is 2.13. The highest BCUT2D eigenvalue weighted by molar-refractivity contribution is 6.31. The van der Waals surface area contributed by atoms with E-state index in [2.05, 4.69) is 5.10 Å². The number of aromatic nitrogens is 2. The molecule has 148 valence electrons. The molecule has 0 radical (unpaired) electrons. The second kappa shape index (κ2) is 8.35. The van der Waals surface area contributed by atoms with Crippen molar-refractivity contribution in [2.24, 2.45) is 0 Å². The van der Waals surface area contributed by atoms with E-state index in [4.69, 9.17) is 21.1 Å². The summed E-state index contributed by atoms with van der Waals surface area (Å²) in [5.74, 6) is 0.502. The predicted molar refractivity (Wildman–Crippen MR) is 100 cm³/mol. The monoisotopic (exact) mass is 418 g/mol. The molecule has 2 aromatic carbocycles. The van der Waals surface area contributed by atoms with Crippen molar-refractivity contribution in [2.75, 3.05) is 0 Å². The molecule has 3 rings (SSSR count). The van der Waals surface area contributed by atoms with Crippen LogP contribution in [0.5, 0.6) is 17.2 Å². The Hall–Kier alpha value is -3.99. The van der Waals surface area contributed by atoms with E-state index in [9.17, 15) is 25.0 Å². The van der Waals surface area contributed by atoms with Crippen molar-refractivity contribution in [3.8, 4) is 17.2 Å². The predicted octanol–water partition coefficient (Wildman–Crippen LogP) is 3.54. The van der Waals surface area contributed by atoms with Crippen molar-refractivity contribution in [1.29, 1.82) is 0 Å². The van der Waals surface area contributed by atoms with E-state index in [0.717, 1.165) is 4.68 Å². The number of nitro groups is 2. The molecule has 0 spiro atoms. The summed E-state index contributed by atoms with van der Waals surface area (Å²) in [6.07, 6.45) is 1.20. The molecule has 0 unspecified atom stereocenters. The Balaban J connectivity index is 1.71. The van der Waals surface area contributed by atoms with Crippen LogP contribution in [-0.2, 0) is 6.73 Å². The molecule has 0 aliphatic heterocycles. The third-order valence-electron chi connectivity index (χ3n) is 3.63. The Morgan fingerprint density at radius 3 is 1.97 bits per heavy atom. The standard InChI is InChI=1S/C17H11ClN4O7/c18-16-15(29-14-7-3-12(4-8-14)22(26)27)9-19-20(17(16)23)10-28-13-5-1-11(2-6-13)21(24)25/h1-9H,10H2. The van der Waals surface area contributed by atoms with Gasteiger partial charge in [-0.05, 0) is 24.3 Å². The van der Waals surface area contributed by atoms with Gasteiger partial charge in [0.05, 0.1) is 16.0 Å². The van der Waals surface area contributed by atoms with Gasteiger partial charge < -0.3 is 9.47 Å². The molecule has 0 aliphatic rings. The smallest absolute Gasteiger partial charge is 0.292 e. The number of nitro benzene ring substituents is 2. The van der Waals surface area contributed by atoms with Crippen LogP contribution < -0.4 is 15.0 Å². The third-order valence-corrected chi connectivity index (χ3v) is 3.98. The fourth-order valence-corrected chi connectivity index (χ4v) is 2.36. The van der Waals surface area contributed by atoms with Crippen LogP contribution in [0.1, 0.15) is 0 Å². The third kappa shape index (κ3) is 4.65. The van der Waals surface area contributed by atoms with Gasteiger partial charge in [-0.15, -0.1) is 0 Å². The fourth-order valence-electron chi connectivity index (χ4n) is 2.18. The van der Waals surface area contributed by atoms with Crippen LogP contribution in [0.25, 0.3) is 0 Å². The molecule has 11 nitrogen and oxygen atoms in total. The van der Waals surface area contributed by atoms with Gasteiger partial charge in [0.2, 0.25) is 0 Å². The summed E-state index contributed by atoms with van der Waals surface area (Å²) in [7, 11) is 0. The van der Waals surface area contributed by atoms with Gasteiger partial charge in [0.25, 0.3) is 16.9 Å². The number of halogens is 1. The average Bonchev–Trinajstić information content (AvgIpc) is 2.71. The average molecular weight is 419 g/mol. The summed E-state index contributed by atoms with van der Waals surface area (Å²) >= 11 is 6.03. The molecule has 1 heterocycles. The zero-order valence-corrected chi connectivity index (χ0v) is 15.2. The zero-order valence-electron chi connectivity index (χ0n) is 14.4. The zero-order chi connectivity index (χ0) is 21.0. The van der Waals surface area contributed by atoms with E-state index >= 15 is 0 Å². The summed E-state index contributed by atoms with van der Waals surface area (Å²) in [6.45, 7) is -0.284. The van der Waals surface area contributed by atoms with Crippen molar-refractivity contribution in [2.45, 2.75) is 6.73 Å². The summed E-state index contributed by atoms with van der Waals surface area (Å²) in [5.41, 5.74) is -0.892. The van der Waals surface area contributed by atoms with E-state index in [0.29, 0.717) is 5.75 Å². The van der Waals surface area contributed by atoms with E-state index in [1.54, 1.807) is 0 Å². The number of rotatable bonds is 7. The lowest BCUT2D eigenvalue weighted by Gasteiger charge is -2.10. The first kappa shape index (κ1) is 19.8. The topological polar surface area (TPSA) is 140 Å². The Bertz CT molecular complexity index is 1110. The van der Waals surface area contributed by atoms with Crippen LogP contribution in [0, 0.1) is 20.2 Å². The Kier molecular flexibility index (Phi) is 5.69. The molecule has 0 saturated carbocycles. The first-order valence-corrected chi connectivity index (χ1v) is 8.28. The molecule has 1 aromatic heterocycles. The van der Waals surface area contributed by atoms with Crippen LogP contribution in [-0.4, -0.2) is 19.6 Å². The summed E-state index contributed by atoms with van der Waals surface area (Å²) in [5, 5.41) is 24.9. The van der Waals surface area contributed by atoms with E-state index in [1.807, 2.05) is 0 Å². The van der Waals surface area contributed by atoms with Crippen molar-refractivity contribution < 1.29 is 19.3 Å². The molecular formula is C17H11ClN4O7. The van der Waals surface area contributed by atoms with E-state index in [-0.39, 0.29) is 34.6 Å². The maximum Gasteiger partial charge on any atom is 0.292 e. The number of hydrogen-bond donors (Lipinski definition) is 0. The first-order valence-electron chi connectivity index (χ1n) is 7.90. The molecule has 0 aliphatic carbocycles. The highest BCUT2D eigenvalue weighted by Crippen LogP contribution is 2.27. The van der Waals surface area contributed by atoms with Gasteiger partial charge in [0, 0.05) is 24.3 Å². The number of hydrogen-bond acceptors (Lipinski definition) is 8. The van der Waals surface area contributed by atoms with Crippen LogP contribution >= 0.6 is 11.6 Å². The minimum absolute atomic E-state index is 0.0305. The minimum atomic E-state index is -0.687. The first-order chi connectivity index (χ1) is 13.8. The summed E-state index contributed by atoms with van der Waals surface area (Å²) < 4.78 is 11.8. The highest BCUT2D eigenvalue weighted by atomic mass is 35.5. The van der Waals surface area contributed by atoms with Gasteiger partial charge in [-0.2, -0.15) is 9.78 Å². The number of benzene rings is 2. The van der Waals surface area contributed by atoms with Crippen molar-refractivity contribution in [3.63, 3.8) is 0 Å². The Morgan fingerprint density at radius 1 is 0.931 bits per heavy atom. The lowest BCUT2D eigenvalue weighted by atomic mass is 10.3. The van der Waals surface area contributed by atoms with Gasteiger partial charge in [0.15, 0.2) is 17.5 Å². The molecule has 3 aromatic rings. The molecule has 0 bridgehead atoms. The molecule has 0 saturated heterocycles. The fraction of sp³-hybridized carbons (Fsp3) is 0.0588. The van der Waals surface area contributed by atoms with E-state index < -0.39 is 15.4 Å². The van der Waals surface area contributed by atoms with Crippen molar-refractivity contribution in [3.05, 3.63) is 90.3 Å². The maximum atomic E-state index is 12.3. The van der Waals surface area contributed by atoms with Crippen molar-refractivity contribution in [1.82, 2.24) is 9.78 Å². The van der Waals surface area contributed by atoms with Gasteiger partial charge in [-0.3, -0.25) is 25.0 Å². The van der Waals surface area contributed by atoms with Crippen LogP contribution in [0.3, 0.4) is 0 Å². The van der Waals surface area contributed by atoms with Crippen molar-refractivity contribution >= 4 is 23.0 Å². The van der Waals surface area contributed by atoms with Gasteiger partial charge in [-0.25, -0.2) is 0 Å². The van der Waals surface area contributed by atoms with E-state index in [1.165, 1.54) is 54.7 Å².